The number of carbonyl (C=O) groups is 1. The molecule has 0 bridgehead atoms. The second-order valence-electron chi connectivity index (χ2n) is 6.52. The summed E-state index contributed by atoms with van der Waals surface area (Å²) in [6, 6.07) is 10.1. The first-order chi connectivity index (χ1) is 13.3. The summed E-state index contributed by atoms with van der Waals surface area (Å²) in [6.07, 6.45) is 1.71. The molecule has 1 fully saturated rings. The Kier molecular flexibility index (Phi) is 6.47. The first-order valence-corrected chi connectivity index (χ1v) is 11.1. The van der Waals surface area contributed by atoms with E-state index in [4.69, 9.17) is 0 Å². The zero-order valence-corrected chi connectivity index (χ0v) is 17.3. The van der Waals surface area contributed by atoms with Crippen molar-refractivity contribution in [3.8, 4) is 0 Å². The molecule has 1 atom stereocenters. The van der Waals surface area contributed by atoms with Crippen LogP contribution < -0.4 is 4.72 Å². The van der Waals surface area contributed by atoms with Gasteiger partial charge >= 0.3 is 0 Å². The summed E-state index contributed by atoms with van der Waals surface area (Å²) in [6.45, 7) is 0.494. The summed E-state index contributed by atoms with van der Waals surface area (Å²) in [5.74, 6) is -2.52. The van der Waals surface area contributed by atoms with Crippen LogP contribution in [0.1, 0.15) is 30.9 Å². The number of likely N-dealkylation sites (tertiary alicyclic amines) is 1. The Balaban J connectivity index is 1.61. The second-order valence-corrected chi connectivity index (χ2v) is 9.21. The van der Waals surface area contributed by atoms with Crippen LogP contribution in [-0.2, 0) is 14.8 Å². The van der Waals surface area contributed by atoms with Crippen molar-refractivity contribution in [2.45, 2.75) is 30.2 Å². The van der Waals surface area contributed by atoms with E-state index in [0.29, 0.717) is 12.6 Å². The number of halogens is 3. The number of amides is 1. The minimum Gasteiger partial charge on any atom is -0.336 e. The smallest absolute Gasteiger partial charge is 0.240 e. The highest BCUT2D eigenvalue weighted by Crippen LogP contribution is 2.33. The normalized spacial score (nSPS) is 17.1. The van der Waals surface area contributed by atoms with Gasteiger partial charge < -0.3 is 4.90 Å². The molecule has 1 heterocycles. The predicted octanol–water partition coefficient (Wildman–Crippen LogP) is 3.76. The van der Waals surface area contributed by atoms with E-state index in [1.165, 1.54) is 0 Å². The summed E-state index contributed by atoms with van der Waals surface area (Å²) < 4.78 is 53.8. The van der Waals surface area contributed by atoms with Crippen LogP contribution in [0, 0.1) is 11.6 Å². The zero-order chi connectivity index (χ0) is 20.3. The molecular weight excluding hydrogens is 454 g/mol. The van der Waals surface area contributed by atoms with Crippen LogP contribution in [0.25, 0.3) is 0 Å². The Morgan fingerprint density at radius 2 is 1.96 bits per heavy atom. The fourth-order valence-corrected chi connectivity index (χ4v) is 4.75. The monoisotopic (exact) mass is 472 g/mol. The summed E-state index contributed by atoms with van der Waals surface area (Å²) >= 11 is 3.43. The molecule has 0 spiro atoms. The highest BCUT2D eigenvalue weighted by atomic mass is 79.9. The minimum absolute atomic E-state index is 0.0204. The van der Waals surface area contributed by atoms with E-state index >= 15 is 0 Å². The van der Waals surface area contributed by atoms with Gasteiger partial charge in [0.1, 0.15) is 0 Å². The molecule has 1 unspecified atom stereocenters. The molecule has 28 heavy (non-hydrogen) atoms. The molecule has 1 N–H and O–H groups in total. The SMILES string of the molecule is O=C(CCNS(=O)(=O)c1ccc(F)c(F)c1)N1CCCC1c1cccc(Br)c1. The molecule has 1 amide bonds. The molecule has 2 aromatic carbocycles. The topological polar surface area (TPSA) is 66.5 Å². The average molecular weight is 473 g/mol. The third kappa shape index (κ3) is 4.76. The number of benzene rings is 2. The second kappa shape index (κ2) is 8.67. The van der Waals surface area contributed by atoms with Gasteiger partial charge in [0.2, 0.25) is 15.9 Å². The van der Waals surface area contributed by atoms with Gasteiger partial charge in [-0.05, 0) is 48.7 Å². The van der Waals surface area contributed by atoms with E-state index in [1.807, 2.05) is 24.3 Å². The maximum Gasteiger partial charge on any atom is 0.240 e. The van der Waals surface area contributed by atoms with E-state index in [0.717, 1.165) is 35.0 Å². The van der Waals surface area contributed by atoms with E-state index < -0.39 is 21.7 Å². The lowest BCUT2D eigenvalue weighted by molar-refractivity contribution is -0.131. The third-order valence-electron chi connectivity index (χ3n) is 4.64. The first-order valence-electron chi connectivity index (χ1n) is 8.77. The Morgan fingerprint density at radius 1 is 1.18 bits per heavy atom. The van der Waals surface area contributed by atoms with Gasteiger partial charge in [-0.2, -0.15) is 0 Å². The van der Waals surface area contributed by atoms with Crippen LogP contribution in [0.2, 0.25) is 0 Å². The Bertz CT molecular complexity index is 985. The summed E-state index contributed by atoms with van der Waals surface area (Å²) in [5, 5.41) is 0. The molecule has 5 nitrogen and oxygen atoms in total. The Morgan fingerprint density at radius 3 is 2.68 bits per heavy atom. The zero-order valence-electron chi connectivity index (χ0n) is 14.9. The van der Waals surface area contributed by atoms with Gasteiger partial charge in [0.25, 0.3) is 0 Å². The molecule has 0 radical (unpaired) electrons. The number of carbonyl (C=O) groups excluding carboxylic acids is 1. The summed E-state index contributed by atoms with van der Waals surface area (Å²) in [5.41, 5.74) is 1.03. The fraction of sp³-hybridized carbons (Fsp3) is 0.316. The molecular formula is C19H19BrF2N2O3S. The quantitative estimate of drug-likeness (QED) is 0.695. The van der Waals surface area contributed by atoms with Gasteiger partial charge in [0.05, 0.1) is 10.9 Å². The van der Waals surface area contributed by atoms with E-state index in [1.54, 1.807) is 4.90 Å². The van der Waals surface area contributed by atoms with Crippen LogP contribution in [-0.4, -0.2) is 32.3 Å². The van der Waals surface area contributed by atoms with Crippen LogP contribution in [0.3, 0.4) is 0 Å². The van der Waals surface area contributed by atoms with Gasteiger partial charge in [-0.1, -0.05) is 28.1 Å². The van der Waals surface area contributed by atoms with Crippen molar-refractivity contribution >= 4 is 31.9 Å². The lowest BCUT2D eigenvalue weighted by atomic mass is 10.0. The van der Waals surface area contributed by atoms with Crippen LogP contribution in [0.4, 0.5) is 8.78 Å². The van der Waals surface area contributed by atoms with Crippen molar-refractivity contribution in [3.63, 3.8) is 0 Å². The Hall–Kier alpha value is -1.84. The van der Waals surface area contributed by atoms with Gasteiger partial charge in [0.15, 0.2) is 11.6 Å². The molecule has 1 saturated heterocycles. The number of rotatable bonds is 6. The van der Waals surface area contributed by atoms with Crippen LogP contribution in [0.5, 0.6) is 0 Å². The van der Waals surface area contributed by atoms with E-state index in [-0.39, 0.29) is 29.8 Å². The summed E-state index contributed by atoms with van der Waals surface area (Å²) in [4.78, 5) is 14.0. The number of hydrogen-bond donors (Lipinski definition) is 1. The van der Waals surface area contributed by atoms with E-state index in [2.05, 4.69) is 20.7 Å². The lowest BCUT2D eigenvalue weighted by Crippen LogP contribution is -2.34. The third-order valence-corrected chi connectivity index (χ3v) is 6.59. The van der Waals surface area contributed by atoms with Crippen LogP contribution in [0.15, 0.2) is 51.8 Å². The molecule has 0 aliphatic carbocycles. The minimum atomic E-state index is -4.02. The lowest BCUT2D eigenvalue weighted by Gasteiger charge is -2.25. The van der Waals surface area contributed by atoms with Gasteiger partial charge in [0, 0.05) is 24.0 Å². The van der Waals surface area contributed by atoms with Crippen molar-refractivity contribution in [2.24, 2.45) is 0 Å². The molecule has 1 aliphatic rings. The van der Waals surface area contributed by atoms with Gasteiger partial charge in [-0.3, -0.25) is 4.79 Å². The predicted molar refractivity (Wildman–Crippen MR) is 104 cm³/mol. The molecule has 0 aromatic heterocycles. The molecule has 150 valence electrons. The van der Waals surface area contributed by atoms with Crippen LogP contribution >= 0.6 is 15.9 Å². The molecule has 0 saturated carbocycles. The number of nitrogens with zero attached hydrogens (tertiary/aromatic N) is 1. The largest absolute Gasteiger partial charge is 0.336 e. The number of sulfonamides is 1. The molecule has 3 rings (SSSR count). The van der Waals surface area contributed by atoms with Crippen molar-refractivity contribution in [2.75, 3.05) is 13.1 Å². The number of nitrogens with one attached hydrogen (secondary N) is 1. The highest BCUT2D eigenvalue weighted by molar-refractivity contribution is 9.10. The highest BCUT2D eigenvalue weighted by Gasteiger charge is 2.30. The maximum absolute atomic E-state index is 13.3. The van der Waals surface area contributed by atoms with Crippen molar-refractivity contribution in [1.82, 2.24) is 9.62 Å². The maximum atomic E-state index is 13.3. The first kappa shape index (κ1) is 20.9. The Labute approximate surface area is 170 Å². The number of hydrogen-bond acceptors (Lipinski definition) is 3. The average Bonchev–Trinajstić information content (AvgIpc) is 3.13. The van der Waals surface area contributed by atoms with E-state index in [9.17, 15) is 22.0 Å². The van der Waals surface area contributed by atoms with Gasteiger partial charge in [-0.15, -0.1) is 0 Å². The van der Waals surface area contributed by atoms with Crippen molar-refractivity contribution in [1.29, 1.82) is 0 Å². The molecule has 2 aromatic rings. The fourth-order valence-electron chi connectivity index (χ4n) is 3.29. The van der Waals surface area contributed by atoms with Crippen molar-refractivity contribution < 1.29 is 22.0 Å². The molecule has 1 aliphatic heterocycles. The summed E-state index contributed by atoms with van der Waals surface area (Å²) in [7, 11) is -4.02. The standard InChI is InChI=1S/C19H19BrF2N2O3S/c20-14-4-1-3-13(11-14)18-5-2-10-24(18)19(25)8-9-23-28(26,27)15-6-7-16(21)17(22)12-15/h1,3-4,6-7,11-12,18,23H,2,5,8-10H2. The molecule has 9 heteroatoms. The van der Waals surface area contributed by atoms with Crippen molar-refractivity contribution in [3.05, 3.63) is 64.1 Å². The van der Waals surface area contributed by atoms with Gasteiger partial charge in [-0.25, -0.2) is 21.9 Å².